The minimum absolute atomic E-state index is 0.110. The van der Waals surface area contributed by atoms with Crippen molar-refractivity contribution in [1.82, 2.24) is 21.3 Å². The van der Waals surface area contributed by atoms with Crippen LogP contribution in [0.25, 0.3) is 0 Å². The number of unbranched alkanes of at least 4 members (excludes halogenated alkanes) is 10. The quantitative estimate of drug-likeness (QED) is 0.0333. The molecule has 302 valence electrons. The van der Waals surface area contributed by atoms with Gasteiger partial charge < -0.3 is 52.2 Å². The number of carboxylic acid groups (broad SMARTS) is 4. The Morgan fingerprint density at radius 3 is 1.19 bits per heavy atom. The van der Waals surface area contributed by atoms with Gasteiger partial charge in [-0.3, -0.25) is 24.0 Å². The molecule has 0 aliphatic rings. The van der Waals surface area contributed by atoms with Gasteiger partial charge in [0, 0.05) is 38.6 Å². The van der Waals surface area contributed by atoms with Crippen LogP contribution in [0, 0.1) is 0 Å². The van der Waals surface area contributed by atoms with E-state index in [4.69, 9.17) is 10.8 Å². The molecule has 0 fully saturated rings. The standard InChI is InChI=1S/C35H59N5O13/c36-24(23-41)13-11-12-22-37-28(42)19-16-25(33(48)49)39-30(44)21-18-27(35(52)53)40-31(45)20-17-26(34(50)51)38-29(43)14-9-7-5-3-1-2-4-6-8-10-15-32(46)47/h23-27H,1-22,36H2,(H,37,42)(H,38,43)(H,39,44)(H,40,45)(H,46,47)(H,48,49)(H,50,51)(H,52,53)/t24-,25-,26-,27-/m0/s1. The van der Waals surface area contributed by atoms with E-state index < -0.39 is 90.9 Å². The molecule has 18 nitrogen and oxygen atoms in total. The highest BCUT2D eigenvalue weighted by Gasteiger charge is 2.26. The highest BCUT2D eigenvalue weighted by Crippen LogP contribution is 2.12. The third-order valence-electron chi connectivity index (χ3n) is 8.39. The molecule has 0 spiro atoms. The van der Waals surface area contributed by atoms with E-state index in [2.05, 4.69) is 21.3 Å². The summed E-state index contributed by atoms with van der Waals surface area (Å²) in [5.74, 6) is -7.57. The fourth-order valence-electron chi connectivity index (χ4n) is 5.26. The molecular weight excluding hydrogens is 698 g/mol. The highest BCUT2D eigenvalue weighted by molar-refractivity contribution is 5.87. The first-order chi connectivity index (χ1) is 25.2. The van der Waals surface area contributed by atoms with Gasteiger partial charge >= 0.3 is 23.9 Å². The average molecular weight is 758 g/mol. The number of amides is 4. The highest BCUT2D eigenvalue weighted by atomic mass is 16.4. The number of nitrogens with one attached hydrogen (secondary N) is 4. The van der Waals surface area contributed by atoms with Crippen molar-refractivity contribution in [2.45, 2.75) is 159 Å². The van der Waals surface area contributed by atoms with Crippen LogP contribution < -0.4 is 27.0 Å². The van der Waals surface area contributed by atoms with E-state index in [-0.39, 0.29) is 32.1 Å². The maximum absolute atomic E-state index is 12.5. The Labute approximate surface area is 309 Å². The number of rotatable bonds is 34. The number of aliphatic carboxylic acids is 4. The van der Waals surface area contributed by atoms with Gasteiger partial charge in [-0.05, 0) is 51.4 Å². The fraction of sp³-hybridized carbons (Fsp3) is 0.743. The fourth-order valence-corrected chi connectivity index (χ4v) is 5.26. The molecule has 53 heavy (non-hydrogen) atoms. The number of carboxylic acids is 4. The van der Waals surface area contributed by atoms with E-state index >= 15 is 0 Å². The summed E-state index contributed by atoms with van der Waals surface area (Å²) in [7, 11) is 0. The SMILES string of the molecule is N[C@H](C=O)CCCCNC(=O)CC[C@H](NC(=O)CC[C@H](NC(=O)CC[C@H](NC(=O)CCCCCCCCCCCCC(=O)O)C(=O)O)C(=O)O)C(=O)O. The van der Waals surface area contributed by atoms with Crippen LogP contribution in [-0.2, 0) is 43.2 Å². The second-order valence-electron chi connectivity index (χ2n) is 13.1. The Bertz CT molecular complexity index is 1180. The van der Waals surface area contributed by atoms with Crippen molar-refractivity contribution in [2.24, 2.45) is 5.73 Å². The summed E-state index contributed by atoms with van der Waals surface area (Å²) in [6.07, 6.45) is 9.56. The minimum Gasteiger partial charge on any atom is -0.481 e. The molecular formula is C35H59N5O13. The summed E-state index contributed by atoms with van der Waals surface area (Å²) < 4.78 is 0. The van der Waals surface area contributed by atoms with Crippen LogP contribution in [-0.4, -0.2) is 105 Å². The second-order valence-corrected chi connectivity index (χ2v) is 13.1. The molecule has 0 aromatic rings. The summed E-state index contributed by atoms with van der Waals surface area (Å²) >= 11 is 0. The van der Waals surface area contributed by atoms with Gasteiger partial charge in [-0.2, -0.15) is 0 Å². The first kappa shape index (κ1) is 48.4. The van der Waals surface area contributed by atoms with E-state index in [1.165, 1.54) is 0 Å². The Kier molecular flexibility index (Phi) is 27.3. The number of aldehydes is 1. The first-order valence-electron chi connectivity index (χ1n) is 18.4. The Morgan fingerprint density at radius 2 is 0.811 bits per heavy atom. The molecule has 0 unspecified atom stereocenters. The topological polar surface area (TPSA) is 309 Å². The summed E-state index contributed by atoms with van der Waals surface area (Å²) in [4.78, 5) is 105. The predicted molar refractivity (Wildman–Crippen MR) is 190 cm³/mol. The van der Waals surface area contributed by atoms with Crippen molar-refractivity contribution in [3.8, 4) is 0 Å². The predicted octanol–water partition coefficient (Wildman–Crippen LogP) is 1.61. The molecule has 0 aliphatic heterocycles. The number of carbonyl (C=O) groups is 9. The van der Waals surface area contributed by atoms with Crippen LogP contribution in [0.15, 0.2) is 0 Å². The molecule has 0 saturated heterocycles. The van der Waals surface area contributed by atoms with Gasteiger partial charge in [0.15, 0.2) is 0 Å². The third-order valence-corrected chi connectivity index (χ3v) is 8.39. The minimum atomic E-state index is -1.54. The lowest BCUT2D eigenvalue weighted by Crippen LogP contribution is -2.45. The van der Waals surface area contributed by atoms with Crippen molar-refractivity contribution >= 4 is 53.8 Å². The summed E-state index contributed by atoms with van der Waals surface area (Å²) in [5, 5.41) is 46.6. The zero-order chi connectivity index (χ0) is 40.0. The van der Waals surface area contributed by atoms with Crippen LogP contribution in [0.4, 0.5) is 0 Å². The maximum Gasteiger partial charge on any atom is 0.326 e. The van der Waals surface area contributed by atoms with Crippen molar-refractivity contribution in [3.63, 3.8) is 0 Å². The summed E-state index contributed by atoms with van der Waals surface area (Å²) in [6, 6.07) is -4.91. The lowest BCUT2D eigenvalue weighted by atomic mass is 10.0. The average Bonchev–Trinajstić information content (AvgIpc) is 3.09. The Morgan fingerprint density at radius 1 is 0.453 bits per heavy atom. The zero-order valence-corrected chi connectivity index (χ0v) is 30.5. The molecule has 4 amide bonds. The van der Waals surface area contributed by atoms with E-state index in [0.717, 1.165) is 51.4 Å². The molecule has 18 heteroatoms. The van der Waals surface area contributed by atoms with Gasteiger partial charge in [0.2, 0.25) is 23.6 Å². The van der Waals surface area contributed by atoms with Crippen LogP contribution in [0.1, 0.15) is 135 Å². The van der Waals surface area contributed by atoms with Gasteiger partial charge in [-0.1, -0.05) is 51.4 Å². The lowest BCUT2D eigenvalue weighted by molar-refractivity contribution is -0.144. The van der Waals surface area contributed by atoms with Crippen molar-refractivity contribution < 1.29 is 63.6 Å². The number of carbonyl (C=O) groups excluding carboxylic acids is 5. The van der Waals surface area contributed by atoms with Gasteiger partial charge in [0.1, 0.15) is 24.4 Å². The maximum atomic E-state index is 12.5. The summed E-state index contributed by atoms with van der Waals surface area (Å²) in [6.45, 7) is 0.298. The van der Waals surface area contributed by atoms with E-state index in [1.807, 2.05) is 0 Å². The first-order valence-corrected chi connectivity index (χ1v) is 18.4. The van der Waals surface area contributed by atoms with Crippen LogP contribution >= 0.6 is 0 Å². The van der Waals surface area contributed by atoms with Crippen LogP contribution in [0.5, 0.6) is 0 Å². The Balaban J connectivity index is 4.46. The van der Waals surface area contributed by atoms with Crippen LogP contribution in [0.2, 0.25) is 0 Å². The molecule has 10 N–H and O–H groups in total. The van der Waals surface area contributed by atoms with E-state index in [1.54, 1.807) is 0 Å². The molecule has 0 saturated carbocycles. The largest absolute Gasteiger partial charge is 0.481 e. The summed E-state index contributed by atoms with van der Waals surface area (Å²) in [5.41, 5.74) is 5.49. The van der Waals surface area contributed by atoms with Gasteiger partial charge in [-0.15, -0.1) is 0 Å². The van der Waals surface area contributed by atoms with Crippen molar-refractivity contribution in [2.75, 3.05) is 6.54 Å². The molecule has 0 rings (SSSR count). The van der Waals surface area contributed by atoms with E-state index in [0.29, 0.717) is 44.9 Å². The third kappa shape index (κ3) is 27.7. The van der Waals surface area contributed by atoms with Crippen LogP contribution in [0.3, 0.4) is 0 Å². The molecule has 0 aliphatic carbocycles. The van der Waals surface area contributed by atoms with Crippen molar-refractivity contribution in [3.05, 3.63) is 0 Å². The number of nitrogens with two attached hydrogens (primary N) is 1. The molecule has 0 aromatic heterocycles. The normalized spacial score (nSPS) is 13.1. The van der Waals surface area contributed by atoms with Crippen molar-refractivity contribution in [1.29, 1.82) is 0 Å². The molecule has 0 heterocycles. The molecule has 0 aromatic carbocycles. The second kappa shape index (κ2) is 29.9. The number of hydrogen-bond acceptors (Lipinski definition) is 10. The zero-order valence-electron chi connectivity index (χ0n) is 30.5. The molecule has 0 radical (unpaired) electrons. The molecule has 0 bridgehead atoms. The number of hydrogen-bond donors (Lipinski definition) is 9. The van der Waals surface area contributed by atoms with Gasteiger partial charge in [0.25, 0.3) is 0 Å². The molecule has 4 atom stereocenters. The van der Waals surface area contributed by atoms with Gasteiger partial charge in [0.05, 0.1) is 6.04 Å². The monoisotopic (exact) mass is 757 g/mol. The Hall–Kier alpha value is -4.61. The van der Waals surface area contributed by atoms with E-state index in [9.17, 15) is 58.5 Å². The van der Waals surface area contributed by atoms with Gasteiger partial charge in [-0.25, -0.2) is 14.4 Å². The lowest BCUT2D eigenvalue weighted by Gasteiger charge is -2.18. The smallest absolute Gasteiger partial charge is 0.326 e.